The SMILES string of the molecule is C=CC[C@@H](Cc1ccccc1)CC(C(=O)O)C(=O)O. The molecular formula is C15H18O4. The third-order valence-corrected chi connectivity index (χ3v) is 3.03. The fraction of sp³-hybridized carbons (Fsp3) is 0.333. The smallest absolute Gasteiger partial charge is 0.317 e. The van der Waals surface area contributed by atoms with Gasteiger partial charge in [-0.25, -0.2) is 0 Å². The van der Waals surface area contributed by atoms with Crippen molar-refractivity contribution in [3.8, 4) is 0 Å². The van der Waals surface area contributed by atoms with Crippen LogP contribution < -0.4 is 0 Å². The molecule has 0 saturated heterocycles. The van der Waals surface area contributed by atoms with Gasteiger partial charge in [0.05, 0.1) is 0 Å². The van der Waals surface area contributed by atoms with Crippen LogP contribution in [0.15, 0.2) is 43.0 Å². The molecule has 0 saturated carbocycles. The van der Waals surface area contributed by atoms with Crippen molar-refractivity contribution < 1.29 is 19.8 Å². The van der Waals surface area contributed by atoms with E-state index in [0.29, 0.717) is 12.8 Å². The molecule has 2 N–H and O–H groups in total. The second kappa shape index (κ2) is 7.36. The second-order valence-corrected chi connectivity index (χ2v) is 4.54. The number of hydrogen-bond acceptors (Lipinski definition) is 2. The molecule has 0 spiro atoms. The van der Waals surface area contributed by atoms with Crippen molar-refractivity contribution in [3.05, 3.63) is 48.6 Å². The highest BCUT2D eigenvalue weighted by atomic mass is 16.4. The number of hydrogen-bond donors (Lipinski definition) is 2. The zero-order chi connectivity index (χ0) is 14.3. The molecule has 0 heterocycles. The van der Waals surface area contributed by atoms with Crippen LogP contribution in [0.4, 0.5) is 0 Å². The van der Waals surface area contributed by atoms with Crippen molar-refractivity contribution in [1.82, 2.24) is 0 Å². The monoisotopic (exact) mass is 262 g/mol. The van der Waals surface area contributed by atoms with Gasteiger partial charge in [-0.05, 0) is 30.7 Å². The largest absolute Gasteiger partial charge is 0.481 e. The van der Waals surface area contributed by atoms with Gasteiger partial charge in [-0.15, -0.1) is 6.58 Å². The maximum absolute atomic E-state index is 10.9. The molecule has 0 amide bonds. The highest BCUT2D eigenvalue weighted by Gasteiger charge is 2.28. The third-order valence-electron chi connectivity index (χ3n) is 3.03. The van der Waals surface area contributed by atoms with Crippen LogP contribution in [-0.4, -0.2) is 22.2 Å². The number of carboxylic acid groups (broad SMARTS) is 2. The predicted octanol–water partition coefficient (Wildman–Crippen LogP) is 2.60. The van der Waals surface area contributed by atoms with Gasteiger partial charge in [-0.2, -0.15) is 0 Å². The first-order chi connectivity index (χ1) is 9.04. The molecule has 1 rings (SSSR count). The molecule has 0 fully saturated rings. The van der Waals surface area contributed by atoms with Crippen molar-refractivity contribution in [2.45, 2.75) is 19.3 Å². The van der Waals surface area contributed by atoms with Gasteiger partial charge in [0.15, 0.2) is 5.92 Å². The summed E-state index contributed by atoms with van der Waals surface area (Å²) in [5.74, 6) is -3.95. The van der Waals surface area contributed by atoms with Crippen LogP contribution >= 0.6 is 0 Å². The van der Waals surface area contributed by atoms with Gasteiger partial charge in [-0.1, -0.05) is 36.4 Å². The van der Waals surface area contributed by atoms with Crippen molar-refractivity contribution in [2.24, 2.45) is 11.8 Å². The number of carbonyl (C=O) groups is 2. The van der Waals surface area contributed by atoms with E-state index in [1.165, 1.54) is 0 Å². The molecule has 0 unspecified atom stereocenters. The molecule has 0 bridgehead atoms. The minimum absolute atomic E-state index is 0.0305. The molecule has 19 heavy (non-hydrogen) atoms. The van der Waals surface area contributed by atoms with Gasteiger partial charge >= 0.3 is 11.9 Å². The lowest BCUT2D eigenvalue weighted by Crippen LogP contribution is -2.26. The van der Waals surface area contributed by atoms with E-state index in [0.717, 1.165) is 5.56 Å². The summed E-state index contributed by atoms with van der Waals surface area (Å²) in [4.78, 5) is 21.9. The Morgan fingerprint density at radius 3 is 2.21 bits per heavy atom. The lowest BCUT2D eigenvalue weighted by atomic mass is 9.87. The van der Waals surface area contributed by atoms with E-state index in [-0.39, 0.29) is 12.3 Å². The number of rotatable bonds is 8. The summed E-state index contributed by atoms with van der Waals surface area (Å²) in [5.41, 5.74) is 1.07. The Morgan fingerprint density at radius 1 is 1.16 bits per heavy atom. The van der Waals surface area contributed by atoms with Gasteiger partial charge in [0.25, 0.3) is 0 Å². The predicted molar refractivity (Wildman–Crippen MR) is 71.8 cm³/mol. The van der Waals surface area contributed by atoms with E-state index >= 15 is 0 Å². The number of aliphatic carboxylic acids is 2. The van der Waals surface area contributed by atoms with Crippen LogP contribution in [0.25, 0.3) is 0 Å². The molecule has 1 aromatic rings. The fourth-order valence-electron chi connectivity index (χ4n) is 2.09. The van der Waals surface area contributed by atoms with E-state index in [9.17, 15) is 9.59 Å². The summed E-state index contributed by atoms with van der Waals surface area (Å²) in [6, 6.07) is 9.63. The van der Waals surface area contributed by atoms with Crippen LogP contribution in [0.1, 0.15) is 18.4 Å². The summed E-state index contributed by atoms with van der Waals surface area (Å²) >= 11 is 0. The van der Waals surface area contributed by atoms with E-state index in [2.05, 4.69) is 6.58 Å². The van der Waals surface area contributed by atoms with Gasteiger partial charge in [0.1, 0.15) is 0 Å². The van der Waals surface area contributed by atoms with Crippen LogP contribution in [0.5, 0.6) is 0 Å². The van der Waals surface area contributed by atoms with Crippen molar-refractivity contribution in [3.63, 3.8) is 0 Å². The average molecular weight is 262 g/mol. The topological polar surface area (TPSA) is 74.6 Å². The number of benzene rings is 1. The highest BCUT2D eigenvalue weighted by Crippen LogP contribution is 2.22. The summed E-state index contributed by atoms with van der Waals surface area (Å²) in [6.07, 6.45) is 3.08. The Hall–Kier alpha value is -2.10. The third kappa shape index (κ3) is 4.95. The Bertz CT molecular complexity index is 425. The van der Waals surface area contributed by atoms with Gasteiger partial charge in [-0.3, -0.25) is 9.59 Å². The van der Waals surface area contributed by atoms with Crippen LogP contribution in [0, 0.1) is 11.8 Å². The zero-order valence-corrected chi connectivity index (χ0v) is 10.7. The summed E-state index contributed by atoms with van der Waals surface area (Å²) in [7, 11) is 0. The molecule has 0 aromatic heterocycles. The van der Waals surface area contributed by atoms with E-state index < -0.39 is 17.9 Å². The summed E-state index contributed by atoms with van der Waals surface area (Å²) in [6.45, 7) is 3.64. The lowest BCUT2D eigenvalue weighted by molar-refractivity contribution is -0.155. The van der Waals surface area contributed by atoms with Crippen LogP contribution in [0.2, 0.25) is 0 Å². The molecule has 1 aromatic carbocycles. The second-order valence-electron chi connectivity index (χ2n) is 4.54. The Balaban J connectivity index is 2.74. The van der Waals surface area contributed by atoms with Gasteiger partial charge in [0, 0.05) is 0 Å². The average Bonchev–Trinajstić information content (AvgIpc) is 2.36. The molecule has 0 radical (unpaired) electrons. The molecule has 1 atom stereocenters. The maximum atomic E-state index is 10.9. The van der Waals surface area contributed by atoms with Gasteiger partial charge in [0.2, 0.25) is 0 Å². The first-order valence-electron chi connectivity index (χ1n) is 6.15. The maximum Gasteiger partial charge on any atom is 0.317 e. The molecule has 4 nitrogen and oxygen atoms in total. The fourth-order valence-corrected chi connectivity index (χ4v) is 2.09. The molecule has 0 aliphatic rings. The van der Waals surface area contributed by atoms with Crippen LogP contribution in [0.3, 0.4) is 0 Å². The Morgan fingerprint density at radius 2 is 1.74 bits per heavy atom. The first kappa shape index (κ1) is 15.0. The minimum atomic E-state index is -1.35. The van der Waals surface area contributed by atoms with E-state index in [4.69, 9.17) is 10.2 Å². The summed E-state index contributed by atoms with van der Waals surface area (Å²) < 4.78 is 0. The number of allylic oxidation sites excluding steroid dienone is 1. The number of carboxylic acids is 2. The Kier molecular flexibility index (Phi) is 5.79. The lowest BCUT2D eigenvalue weighted by Gasteiger charge is -2.17. The minimum Gasteiger partial charge on any atom is -0.481 e. The molecule has 0 aliphatic heterocycles. The van der Waals surface area contributed by atoms with Crippen LogP contribution in [-0.2, 0) is 16.0 Å². The van der Waals surface area contributed by atoms with E-state index in [1.54, 1.807) is 6.08 Å². The van der Waals surface area contributed by atoms with Crippen molar-refractivity contribution in [2.75, 3.05) is 0 Å². The zero-order valence-electron chi connectivity index (χ0n) is 10.7. The first-order valence-corrected chi connectivity index (χ1v) is 6.15. The van der Waals surface area contributed by atoms with Crippen molar-refractivity contribution in [1.29, 1.82) is 0 Å². The quantitative estimate of drug-likeness (QED) is 0.558. The molecule has 0 aliphatic carbocycles. The van der Waals surface area contributed by atoms with E-state index in [1.807, 2.05) is 30.3 Å². The molecule has 4 heteroatoms. The molecule has 102 valence electrons. The normalized spacial score (nSPS) is 12.1. The summed E-state index contributed by atoms with van der Waals surface area (Å²) in [5, 5.41) is 17.8. The van der Waals surface area contributed by atoms with Crippen molar-refractivity contribution >= 4 is 11.9 Å². The standard InChI is InChI=1S/C15H18O4/c1-2-6-12(9-11-7-4-3-5-8-11)10-13(14(16)17)15(18)19/h2-5,7-8,12-13H,1,6,9-10H2,(H,16,17)(H,18,19)/t12-/m0/s1. The Labute approximate surface area is 112 Å². The van der Waals surface area contributed by atoms with Gasteiger partial charge < -0.3 is 10.2 Å². The highest BCUT2D eigenvalue weighted by molar-refractivity contribution is 5.92. The molecular weight excluding hydrogens is 244 g/mol.